The van der Waals surface area contributed by atoms with E-state index in [-0.39, 0.29) is 18.9 Å². The Hall–Kier alpha value is -0.390. The molecule has 2 fully saturated rings. The zero-order chi connectivity index (χ0) is 16.6. The molecule has 6 nitrogen and oxygen atoms in total. The molecule has 0 aromatic rings. The van der Waals surface area contributed by atoms with E-state index in [9.17, 15) is 4.57 Å². The molecule has 2 heterocycles. The minimum absolute atomic E-state index is 0.00957. The normalized spacial score (nSPS) is 32.0. The lowest BCUT2D eigenvalue weighted by atomic mass is 9.90. The second kappa shape index (κ2) is 6.25. The molecule has 2 unspecified atom stereocenters. The van der Waals surface area contributed by atoms with Gasteiger partial charge in [-0.15, -0.1) is 0 Å². The van der Waals surface area contributed by atoms with E-state index >= 15 is 0 Å². The van der Waals surface area contributed by atoms with E-state index in [1.54, 1.807) is 6.20 Å². The van der Waals surface area contributed by atoms with Gasteiger partial charge in [0.1, 0.15) is 17.4 Å². The molecule has 2 aliphatic rings. The third-order valence-electron chi connectivity index (χ3n) is 4.60. The maximum atomic E-state index is 12.6. The van der Waals surface area contributed by atoms with Crippen LogP contribution in [0.3, 0.4) is 0 Å². The SMILES string of the molecule is C=CN(CC)C1CCC(COP2(=O)OC(C)(C)C(C)(C)O2)O1. The van der Waals surface area contributed by atoms with Gasteiger partial charge in [-0.05, 0) is 53.7 Å². The van der Waals surface area contributed by atoms with Crippen LogP contribution in [0.1, 0.15) is 47.5 Å². The topological polar surface area (TPSA) is 57.2 Å². The van der Waals surface area contributed by atoms with Gasteiger partial charge in [-0.2, -0.15) is 0 Å². The zero-order valence-electron chi connectivity index (χ0n) is 14.2. The molecule has 0 N–H and O–H groups in total. The molecule has 22 heavy (non-hydrogen) atoms. The Morgan fingerprint density at radius 2 is 1.86 bits per heavy atom. The van der Waals surface area contributed by atoms with Gasteiger partial charge in [-0.1, -0.05) is 6.58 Å². The van der Waals surface area contributed by atoms with Crippen molar-refractivity contribution in [3.05, 3.63) is 12.8 Å². The lowest BCUT2D eigenvalue weighted by Gasteiger charge is -2.28. The zero-order valence-corrected chi connectivity index (χ0v) is 15.1. The number of nitrogens with zero attached hydrogens (tertiary/aromatic N) is 1. The molecule has 0 radical (unpaired) electrons. The Bertz CT molecular complexity index is 445. The minimum atomic E-state index is -3.54. The van der Waals surface area contributed by atoms with Crippen LogP contribution in [-0.4, -0.2) is 41.6 Å². The molecule has 0 amide bonds. The highest BCUT2D eigenvalue weighted by Crippen LogP contribution is 2.64. The molecule has 2 aliphatic heterocycles. The van der Waals surface area contributed by atoms with Gasteiger partial charge < -0.3 is 9.64 Å². The first kappa shape index (κ1) is 18.0. The number of phosphoric ester groups is 1. The van der Waals surface area contributed by atoms with Crippen LogP contribution >= 0.6 is 7.82 Å². The van der Waals surface area contributed by atoms with Gasteiger partial charge in [-0.3, -0.25) is 13.6 Å². The Balaban J connectivity index is 1.87. The molecule has 0 aromatic heterocycles. The molecule has 2 atom stereocenters. The summed E-state index contributed by atoms with van der Waals surface area (Å²) in [4.78, 5) is 2.04. The standard InChI is InChI=1S/C15H28NO5P/c1-7-16(8-2)13-10-9-12(19-13)11-18-22(17)20-14(3,4)15(5,6)21-22/h7,12-13H,1,8-11H2,2-6H3. The number of hydrogen-bond donors (Lipinski definition) is 0. The summed E-state index contributed by atoms with van der Waals surface area (Å²) in [5.74, 6) is 0. The van der Waals surface area contributed by atoms with Gasteiger partial charge in [-0.25, -0.2) is 4.57 Å². The van der Waals surface area contributed by atoms with E-state index in [0.29, 0.717) is 0 Å². The molecule has 2 saturated heterocycles. The molecule has 0 aliphatic carbocycles. The summed E-state index contributed by atoms with van der Waals surface area (Å²) in [5.41, 5.74) is -1.33. The van der Waals surface area contributed by atoms with Crippen molar-refractivity contribution in [3.63, 3.8) is 0 Å². The molecule has 2 rings (SSSR count). The van der Waals surface area contributed by atoms with Gasteiger partial charge in [0, 0.05) is 6.54 Å². The van der Waals surface area contributed by atoms with E-state index in [1.165, 1.54) is 0 Å². The van der Waals surface area contributed by atoms with Crippen LogP contribution in [0.2, 0.25) is 0 Å². The molecule has 0 spiro atoms. The van der Waals surface area contributed by atoms with Gasteiger partial charge in [0.15, 0.2) is 0 Å². The number of phosphoric acid groups is 1. The maximum absolute atomic E-state index is 12.6. The van der Waals surface area contributed by atoms with Gasteiger partial charge in [0.25, 0.3) is 0 Å². The second-order valence-electron chi connectivity index (χ2n) is 6.75. The fraction of sp³-hybridized carbons (Fsp3) is 0.867. The molecule has 0 bridgehead atoms. The third-order valence-corrected chi connectivity index (χ3v) is 6.43. The summed E-state index contributed by atoms with van der Waals surface area (Å²) in [6.07, 6.45) is 3.43. The lowest BCUT2D eigenvalue weighted by molar-refractivity contribution is -0.0485. The van der Waals surface area contributed by atoms with Crippen LogP contribution in [0.15, 0.2) is 12.8 Å². The van der Waals surface area contributed by atoms with E-state index in [2.05, 4.69) is 13.5 Å². The summed E-state index contributed by atoms with van der Waals surface area (Å²) in [7, 11) is -3.54. The fourth-order valence-corrected chi connectivity index (χ4v) is 4.58. The first-order chi connectivity index (χ1) is 10.1. The lowest BCUT2D eigenvalue weighted by Crippen LogP contribution is -2.41. The first-order valence-electron chi connectivity index (χ1n) is 7.82. The molecule has 7 heteroatoms. The van der Waals surface area contributed by atoms with Crippen molar-refractivity contribution in [2.45, 2.75) is 71.0 Å². The monoisotopic (exact) mass is 333 g/mol. The van der Waals surface area contributed by atoms with Crippen LogP contribution in [0.5, 0.6) is 0 Å². The van der Waals surface area contributed by atoms with Crippen LogP contribution in [0, 0.1) is 0 Å². The van der Waals surface area contributed by atoms with E-state index < -0.39 is 19.0 Å². The van der Waals surface area contributed by atoms with Crippen molar-refractivity contribution in [3.8, 4) is 0 Å². The fourth-order valence-electron chi connectivity index (χ4n) is 2.53. The predicted molar refractivity (Wildman–Crippen MR) is 84.4 cm³/mol. The van der Waals surface area contributed by atoms with Gasteiger partial charge in [0.2, 0.25) is 0 Å². The van der Waals surface area contributed by atoms with Crippen LogP contribution in [0.25, 0.3) is 0 Å². The van der Waals surface area contributed by atoms with Crippen molar-refractivity contribution in [1.29, 1.82) is 0 Å². The first-order valence-corrected chi connectivity index (χ1v) is 9.28. The van der Waals surface area contributed by atoms with Crippen LogP contribution in [0.4, 0.5) is 0 Å². The molecular weight excluding hydrogens is 305 g/mol. The third kappa shape index (κ3) is 3.57. The number of hydrogen-bond acceptors (Lipinski definition) is 6. The highest BCUT2D eigenvalue weighted by Gasteiger charge is 2.57. The summed E-state index contributed by atoms with van der Waals surface area (Å²) in [6, 6.07) is 0. The average Bonchev–Trinajstić information content (AvgIpc) is 2.91. The van der Waals surface area contributed by atoms with Crippen LogP contribution < -0.4 is 0 Å². The summed E-state index contributed by atoms with van der Waals surface area (Å²) in [6.45, 7) is 14.3. The largest absolute Gasteiger partial charge is 0.476 e. The quantitative estimate of drug-likeness (QED) is 0.691. The minimum Gasteiger partial charge on any atom is -0.353 e. The van der Waals surface area contributed by atoms with Crippen molar-refractivity contribution < 1.29 is 22.9 Å². The smallest absolute Gasteiger partial charge is 0.353 e. The van der Waals surface area contributed by atoms with Crippen molar-refractivity contribution in [2.75, 3.05) is 13.2 Å². The van der Waals surface area contributed by atoms with E-state index in [4.69, 9.17) is 18.3 Å². The molecule has 0 saturated carbocycles. The maximum Gasteiger partial charge on any atom is 0.476 e. The second-order valence-corrected chi connectivity index (χ2v) is 8.27. The Kier molecular flexibility index (Phi) is 5.10. The van der Waals surface area contributed by atoms with Crippen molar-refractivity contribution in [2.24, 2.45) is 0 Å². The molecule has 0 aromatic carbocycles. The van der Waals surface area contributed by atoms with Crippen LogP contribution in [-0.2, 0) is 22.9 Å². The predicted octanol–water partition coefficient (Wildman–Crippen LogP) is 3.69. The van der Waals surface area contributed by atoms with E-state index in [1.807, 2.05) is 32.6 Å². The highest BCUT2D eigenvalue weighted by atomic mass is 31.2. The summed E-state index contributed by atoms with van der Waals surface area (Å²) >= 11 is 0. The molecular formula is C15H28NO5P. The number of rotatable bonds is 6. The van der Waals surface area contributed by atoms with Gasteiger partial charge in [0.05, 0.1) is 12.7 Å². The van der Waals surface area contributed by atoms with Crippen molar-refractivity contribution >= 4 is 7.82 Å². The Morgan fingerprint density at radius 3 is 2.36 bits per heavy atom. The number of ether oxygens (including phenoxy) is 1. The van der Waals surface area contributed by atoms with Crippen molar-refractivity contribution in [1.82, 2.24) is 4.90 Å². The van der Waals surface area contributed by atoms with Gasteiger partial charge >= 0.3 is 7.82 Å². The summed E-state index contributed by atoms with van der Waals surface area (Å²) in [5, 5.41) is 0. The average molecular weight is 333 g/mol. The highest BCUT2D eigenvalue weighted by molar-refractivity contribution is 7.48. The summed E-state index contributed by atoms with van der Waals surface area (Å²) < 4.78 is 35.1. The molecule has 128 valence electrons. The van der Waals surface area contributed by atoms with E-state index in [0.717, 1.165) is 19.4 Å². The Labute approximate surface area is 133 Å². The Morgan fingerprint density at radius 1 is 1.27 bits per heavy atom.